The molecular formula is C17H27N5O3. The average Bonchev–Trinajstić information content (AvgIpc) is 2.57. The second-order valence-corrected chi connectivity index (χ2v) is 7.13. The van der Waals surface area contributed by atoms with E-state index in [0.29, 0.717) is 18.2 Å². The standard InChI is InChI=1S/C17H27N5O3/c18-15(25)14-9-19-17(21-10-4-6-12(23)7-5-10)22-16(14)20-11-2-1-3-13(24)8-11/h9-13,23-24H,1-8H2,(H2,18,25)(H2,19,20,21,22)/t10-,11-,12-,13+/m1/s1. The molecule has 2 aliphatic carbocycles. The van der Waals surface area contributed by atoms with Crippen LogP contribution in [-0.4, -0.2) is 50.4 Å². The highest BCUT2D eigenvalue weighted by atomic mass is 16.3. The summed E-state index contributed by atoms with van der Waals surface area (Å²) in [7, 11) is 0. The fourth-order valence-corrected chi connectivity index (χ4v) is 3.63. The molecule has 6 N–H and O–H groups in total. The van der Waals surface area contributed by atoms with Crippen LogP contribution in [-0.2, 0) is 0 Å². The Labute approximate surface area is 147 Å². The maximum Gasteiger partial charge on any atom is 0.254 e. The lowest BCUT2D eigenvalue weighted by Gasteiger charge is -2.28. The average molecular weight is 349 g/mol. The number of anilines is 2. The molecule has 138 valence electrons. The number of hydrogen-bond donors (Lipinski definition) is 5. The Kier molecular flexibility index (Phi) is 5.70. The van der Waals surface area contributed by atoms with Crippen LogP contribution in [0.5, 0.6) is 0 Å². The quantitative estimate of drug-likeness (QED) is 0.535. The number of nitrogens with one attached hydrogen (secondary N) is 2. The minimum absolute atomic E-state index is 0.0643. The number of hydrogen-bond acceptors (Lipinski definition) is 7. The first kappa shape index (κ1) is 17.9. The third-order valence-corrected chi connectivity index (χ3v) is 5.07. The summed E-state index contributed by atoms with van der Waals surface area (Å²) in [6, 6.07) is 0.279. The van der Waals surface area contributed by atoms with Crippen molar-refractivity contribution in [3.63, 3.8) is 0 Å². The molecule has 1 aromatic rings. The lowest BCUT2D eigenvalue weighted by molar-refractivity contribution is 0.1000. The van der Waals surface area contributed by atoms with Crippen molar-refractivity contribution in [3.05, 3.63) is 11.8 Å². The summed E-state index contributed by atoms with van der Waals surface area (Å²) in [6.45, 7) is 0. The molecule has 3 rings (SSSR count). The number of nitrogens with zero attached hydrogens (tertiary/aromatic N) is 2. The molecule has 0 aliphatic heterocycles. The smallest absolute Gasteiger partial charge is 0.254 e. The molecule has 0 bridgehead atoms. The van der Waals surface area contributed by atoms with Gasteiger partial charge in [0, 0.05) is 18.3 Å². The van der Waals surface area contributed by atoms with Gasteiger partial charge in [-0.3, -0.25) is 4.79 Å². The number of aliphatic hydroxyl groups is 2. The van der Waals surface area contributed by atoms with Crippen LogP contribution in [0, 0.1) is 0 Å². The molecule has 0 saturated heterocycles. The molecule has 2 aliphatic rings. The number of aliphatic hydroxyl groups excluding tert-OH is 2. The molecule has 8 heteroatoms. The maximum atomic E-state index is 11.7. The Morgan fingerprint density at radius 1 is 1.04 bits per heavy atom. The lowest BCUT2D eigenvalue weighted by Crippen LogP contribution is -2.32. The summed E-state index contributed by atoms with van der Waals surface area (Å²) in [4.78, 5) is 20.3. The van der Waals surface area contributed by atoms with Crippen LogP contribution < -0.4 is 16.4 Å². The van der Waals surface area contributed by atoms with Gasteiger partial charge in [0.25, 0.3) is 5.91 Å². The fraction of sp³-hybridized carbons (Fsp3) is 0.706. The van der Waals surface area contributed by atoms with Crippen molar-refractivity contribution in [2.24, 2.45) is 5.73 Å². The van der Waals surface area contributed by atoms with Gasteiger partial charge in [0.15, 0.2) is 0 Å². The van der Waals surface area contributed by atoms with Gasteiger partial charge in [0.2, 0.25) is 5.95 Å². The van der Waals surface area contributed by atoms with E-state index in [1.54, 1.807) is 0 Å². The third kappa shape index (κ3) is 4.79. The Morgan fingerprint density at radius 2 is 1.80 bits per heavy atom. The van der Waals surface area contributed by atoms with E-state index in [4.69, 9.17) is 5.73 Å². The molecule has 2 atom stereocenters. The molecule has 0 aromatic carbocycles. The molecule has 0 radical (unpaired) electrons. The van der Waals surface area contributed by atoms with Crippen molar-refractivity contribution in [2.45, 2.75) is 75.7 Å². The first-order valence-electron chi connectivity index (χ1n) is 9.07. The van der Waals surface area contributed by atoms with E-state index in [1.807, 2.05) is 0 Å². The van der Waals surface area contributed by atoms with Gasteiger partial charge in [-0.05, 0) is 51.4 Å². The number of nitrogens with two attached hydrogens (primary N) is 1. The zero-order valence-electron chi connectivity index (χ0n) is 14.3. The highest BCUT2D eigenvalue weighted by Gasteiger charge is 2.24. The van der Waals surface area contributed by atoms with Gasteiger partial charge < -0.3 is 26.6 Å². The van der Waals surface area contributed by atoms with Gasteiger partial charge in [-0.1, -0.05) is 0 Å². The van der Waals surface area contributed by atoms with E-state index in [9.17, 15) is 15.0 Å². The molecule has 0 unspecified atom stereocenters. The molecule has 1 amide bonds. The molecule has 2 saturated carbocycles. The van der Waals surface area contributed by atoms with E-state index < -0.39 is 5.91 Å². The van der Waals surface area contributed by atoms with E-state index in [1.165, 1.54) is 6.20 Å². The predicted octanol–water partition coefficient (Wildman–Crippen LogP) is 1.01. The first-order valence-corrected chi connectivity index (χ1v) is 9.07. The van der Waals surface area contributed by atoms with Crippen LogP contribution in [0.2, 0.25) is 0 Å². The number of carbonyl (C=O) groups excluding carboxylic acids is 1. The monoisotopic (exact) mass is 349 g/mol. The van der Waals surface area contributed by atoms with Crippen LogP contribution >= 0.6 is 0 Å². The van der Waals surface area contributed by atoms with Crippen LogP contribution in [0.25, 0.3) is 0 Å². The summed E-state index contributed by atoms with van der Waals surface area (Å²) in [6.07, 6.45) is 7.45. The summed E-state index contributed by atoms with van der Waals surface area (Å²) in [5.74, 6) is 0.288. The Bertz CT molecular complexity index is 604. The Morgan fingerprint density at radius 3 is 2.48 bits per heavy atom. The van der Waals surface area contributed by atoms with Crippen molar-refractivity contribution in [1.82, 2.24) is 9.97 Å². The van der Waals surface area contributed by atoms with Crippen molar-refractivity contribution >= 4 is 17.7 Å². The second kappa shape index (κ2) is 7.97. The highest BCUT2D eigenvalue weighted by molar-refractivity contribution is 5.97. The molecule has 2 fully saturated rings. The highest BCUT2D eigenvalue weighted by Crippen LogP contribution is 2.25. The van der Waals surface area contributed by atoms with Gasteiger partial charge in [-0.2, -0.15) is 4.98 Å². The molecule has 25 heavy (non-hydrogen) atoms. The van der Waals surface area contributed by atoms with Crippen LogP contribution in [0.15, 0.2) is 6.20 Å². The third-order valence-electron chi connectivity index (χ3n) is 5.07. The van der Waals surface area contributed by atoms with E-state index in [2.05, 4.69) is 20.6 Å². The molecule has 8 nitrogen and oxygen atoms in total. The second-order valence-electron chi connectivity index (χ2n) is 7.13. The number of carbonyl (C=O) groups is 1. The fourth-order valence-electron chi connectivity index (χ4n) is 3.63. The van der Waals surface area contributed by atoms with Gasteiger partial charge in [0.1, 0.15) is 5.82 Å². The molecule has 1 aromatic heterocycles. The summed E-state index contributed by atoms with van der Waals surface area (Å²) in [5.41, 5.74) is 5.69. The van der Waals surface area contributed by atoms with Crippen molar-refractivity contribution in [2.75, 3.05) is 10.6 Å². The topological polar surface area (TPSA) is 133 Å². The number of primary amides is 1. The van der Waals surface area contributed by atoms with E-state index in [0.717, 1.165) is 44.9 Å². The molecule has 0 spiro atoms. The number of rotatable bonds is 5. The van der Waals surface area contributed by atoms with E-state index in [-0.39, 0.29) is 29.9 Å². The SMILES string of the molecule is NC(=O)c1cnc(N[C@H]2CC[C@H](O)CC2)nc1N[C@@H]1CCC[C@H](O)C1. The normalized spacial score (nSPS) is 29.8. The Hall–Kier alpha value is -1.93. The predicted molar refractivity (Wildman–Crippen MR) is 94.3 cm³/mol. The lowest BCUT2D eigenvalue weighted by atomic mass is 9.93. The Balaban J connectivity index is 1.71. The van der Waals surface area contributed by atoms with Crippen molar-refractivity contribution < 1.29 is 15.0 Å². The van der Waals surface area contributed by atoms with Crippen molar-refractivity contribution in [1.29, 1.82) is 0 Å². The molecule has 1 heterocycles. The van der Waals surface area contributed by atoms with Crippen LogP contribution in [0.3, 0.4) is 0 Å². The van der Waals surface area contributed by atoms with Crippen LogP contribution in [0.1, 0.15) is 61.7 Å². The largest absolute Gasteiger partial charge is 0.393 e. The zero-order chi connectivity index (χ0) is 17.8. The maximum absolute atomic E-state index is 11.7. The van der Waals surface area contributed by atoms with Gasteiger partial charge >= 0.3 is 0 Å². The summed E-state index contributed by atoms with van der Waals surface area (Å²) < 4.78 is 0. The first-order chi connectivity index (χ1) is 12.0. The minimum atomic E-state index is -0.578. The minimum Gasteiger partial charge on any atom is -0.393 e. The van der Waals surface area contributed by atoms with Gasteiger partial charge in [-0.25, -0.2) is 4.98 Å². The number of aromatic nitrogens is 2. The molecular weight excluding hydrogens is 322 g/mol. The van der Waals surface area contributed by atoms with Crippen molar-refractivity contribution in [3.8, 4) is 0 Å². The van der Waals surface area contributed by atoms with Gasteiger partial charge in [0.05, 0.1) is 17.8 Å². The zero-order valence-corrected chi connectivity index (χ0v) is 14.3. The van der Waals surface area contributed by atoms with Crippen LogP contribution in [0.4, 0.5) is 11.8 Å². The summed E-state index contributed by atoms with van der Waals surface area (Å²) >= 11 is 0. The van der Waals surface area contributed by atoms with Gasteiger partial charge in [-0.15, -0.1) is 0 Å². The summed E-state index contributed by atoms with van der Waals surface area (Å²) in [5, 5.41) is 26.0. The van der Waals surface area contributed by atoms with E-state index >= 15 is 0 Å². The number of amides is 1.